The van der Waals surface area contributed by atoms with Gasteiger partial charge in [-0.3, -0.25) is 14.6 Å². The molecule has 0 atom stereocenters. The summed E-state index contributed by atoms with van der Waals surface area (Å²) in [6, 6.07) is 8.26. The van der Waals surface area contributed by atoms with Crippen LogP contribution in [-0.2, 0) is 6.54 Å². The van der Waals surface area contributed by atoms with Crippen molar-refractivity contribution in [1.29, 1.82) is 0 Å². The minimum absolute atomic E-state index is 0.225. The fourth-order valence-electron chi connectivity index (χ4n) is 2.14. The molecule has 22 heavy (non-hydrogen) atoms. The molecule has 0 saturated carbocycles. The van der Waals surface area contributed by atoms with Crippen molar-refractivity contribution in [3.05, 3.63) is 63.2 Å². The number of aromatic amines is 1. The summed E-state index contributed by atoms with van der Waals surface area (Å²) in [5.41, 5.74) is 3.49. The van der Waals surface area contributed by atoms with E-state index >= 15 is 0 Å². The highest BCUT2D eigenvalue weighted by atomic mass is 127. The van der Waals surface area contributed by atoms with Crippen LogP contribution in [0.25, 0.3) is 0 Å². The summed E-state index contributed by atoms with van der Waals surface area (Å²) in [6.07, 6.45) is 5.05. The molecular formula is C15H14IN5O. The number of carbonyl (C=O) groups excluding carboxylic acids is 1. The number of carbonyl (C=O) groups is 1. The highest BCUT2D eigenvalue weighted by molar-refractivity contribution is 14.1. The normalized spacial score (nSPS) is 10.6. The molecule has 0 spiro atoms. The molecule has 3 rings (SSSR count). The van der Waals surface area contributed by atoms with Gasteiger partial charge in [0.15, 0.2) is 0 Å². The Kier molecular flexibility index (Phi) is 4.23. The number of benzene rings is 1. The third-order valence-corrected chi connectivity index (χ3v) is 3.96. The van der Waals surface area contributed by atoms with E-state index in [1.165, 1.54) is 11.1 Å². The predicted octanol–water partition coefficient (Wildman–Crippen LogP) is 2.82. The van der Waals surface area contributed by atoms with Crippen LogP contribution in [0.5, 0.6) is 0 Å². The molecule has 0 fully saturated rings. The molecule has 0 aliphatic rings. The van der Waals surface area contributed by atoms with Gasteiger partial charge in [-0.15, -0.1) is 0 Å². The Bertz CT molecular complexity index is 808. The minimum Gasteiger partial charge on any atom is -0.318 e. The van der Waals surface area contributed by atoms with E-state index in [9.17, 15) is 4.79 Å². The molecule has 3 aromatic rings. The lowest BCUT2D eigenvalue weighted by atomic mass is 10.1. The Morgan fingerprint density at radius 3 is 3.00 bits per heavy atom. The monoisotopic (exact) mass is 407 g/mol. The number of hydrogen-bond donors (Lipinski definition) is 2. The molecule has 112 valence electrons. The predicted molar refractivity (Wildman–Crippen MR) is 91.8 cm³/mol. The highest BCUT2D eigenvalue weighted by Crippen LogP contribution is 2.13. The van der Waals surface area contributed by atoms with Gasteiger partial charge in [-0.05, 0) is 35.1 Å². The molecule has 0 aliphatic carbocycles. The van der Waals surface area contributed by atoms with Crippen LogP contribution >= 0.6 is 22.6 Å². The van der Waals surface area contributed by atoms with E-state index in [0.29, 0.717) is 17.9 Å². The van der Waals surface area contributed by atoms with Crippen molar-refractivity contribution in [2.24, 2.45) is 0 Å². The Morgan fingerprint density at radius 1 is 1.41 bits per heavy atom. The van der Waals surface area contributed by atoms with Crippen LogP contribution in [0.2, 0.25) is 0 Å². The molecular weight excluding hydrogens is 393 g/mol. The van der Waals surface area contributed by atoms with E-state index < -0.39 is 0 Å². The largest absolute Gasteiger partial charge is 0.318 e. The standard InChI is InChI=1S/C15H14IN5O/c1-10-3-2-4-11(5-10)8-21-9-12(6-18-21)19-15(22)14-13(16)7-17-20-14/h2-7,9H,8H2,1H3,(H,17,20)(H,19,22). The Hall–Kier alpha value is -2.16. The number of H-pyrrole nitrogens is 1. The summed E-state index contributed by atoms with van der Waals surface area (Å²) in [6.45, 7) is 2.73. The first kappa shape index (κ1) is 14.8. The van der Waals surface area contributed by atoms with E-state index in [2.05, 4.69) is 68.3 Å². The second-order valence-electron chi connectivity index (χ2n) is 4.96. The molecule has 0 radical (unpaired) electrons. The van der Waals surface area contributed by atoms with Gasteiger partial charge in [0.1, 0.15) is 5.69 Å². The molecule has 2 heterocycles. The van der Waals surface area contributed by atoms with E-state index in [-0.39, 0.29) is 5.91 Å². The van der Waals surface area contributed by atoms with E-state index in [1.807, 2.05) is 12.3 Å². The number of nitrogens with one attached hydrogen (secondary N) is 2. The number of halogens is 1. The fourth-order valence-corrected chi connectivity index (χ4v) is 2.64. The molecule has 0 bridgehead atoms. The number of rotatable bonds is 4. The second-order valence-corrected chi connectivity index (χ2v) is 6.12. The molecule has 1 amide bonds. The maximum absolute atomic E-state index is 12.1. The Morgan fingerprint density at radius 2 is 2.27 bits per heavy atom. The third-order valence-electron chi connectivity index (χ3n) is 3.14. The SMILES string of the molecule is Cc1cccc(Cn2cc(NC(=O)c3[nH]ncc3I)cn2)c1. The van der Waals surface area contributed by atoms with Gasteiger partial charge in [0.05, 0.1) is 28.2 Å². The number of aromatic nitrogens is 4. The average molecular weight is 407 g/mol. The van der Waals surface area contributed by atoms with Crippen LogP contribution in [0.3, 0.4) is 0 Å². The number of hydrogen-bond acceptors (Lipinski definition) is 3. The average Bonchev–Trinajstić information content (AvgIpc) is 3.08. The third kappa shape index (κ3) is 3.35. The summed E-state index contributed by atoms with van der Waals surface area (Å²) < 4.78 is 2.57. The van der Waals surface area contributed by atoms with Crippen molar-refractivity contribution in [2.75, 3.05) is 5.32 Å². The van der Waals surface area contributed by atoms with Gasteiger partial charge in [-0.25, -0.2) is 0 Å². The number of aryl methyl sites for hydroxylation is 1. The molecule has 7 heteroatoms. The summed E-state index contributed by atoms with van der Waals surface area (Å²) >= 11 is 2.06. The zero-order valence-corrected chi connectivity index (χ0v) is 14.0. The molecule has 0 saturated heterocycles. The van der Waals surface area contributed by atoms with Crippen LogP contribution in [0.15, 0.2) is 42.9 Å². The number of amides is 1. The van der Waals surface area contributed by atoms with E-state index in [1.54, 1.807) is 17.1 Å². The van der Waals surface area contributed by atoms with Gasteiger partial charge in [0, 0.05) is 6.20 Å². The quantitative estimate of drug-likeness (QED) is 0.654. The van der Waals surface area contributed by atoms with E-state index in [0.717, 1.165) is 3.57 Å². The van der Waals surface area contributed by atoms with Crippen LogP contribution in [-0.4, -0.2) is 25.9 Å². The van der Waals surface area contributed by atoms with E-state index in [4.69, 9.17) is 0 Å². The zero-order valence-electron chi connectivity index (χ0n) is 11.9. The summed E-state index contributed by atoms with van der Waals surface area (Å²) in [4.78, 5) is 12.1. The van der Waals surface area contributed by atoms with Crippen molar-refractivity contribution < 1.29 is 4.79 Å². The van der Waals surface area contributed by atoms with Crippen molar-refractivity contribution in [3.8, 4) is 0 Å². The topological polar surface area (TPSA) is 75.6 Å². The van der Waals surface area contributed by atoms with Crippen molar-refractivity contribution in [2.45, 2.75) is 13.5 Å². The van der Waals surface area contributed by atoms with Gasteiger partial charge < -0.3 is 5.32 Å². The molecule has 2 aromatic heterocycles. The summed E-state index contributed by atoms with van der Waals surface area (Å²) in [5.74, 6) is -0.225. The van der Waals surface area contributed by atoms with Crippen LogP contribution < -0.4 is 5.32 Å². The maximum atomic E-state index is 12.1. The lowest BCUT2D eigenvalue weighted by Crippen LogP contribution is -2.13. The summed E-state index contributed by atoms with van der Waals surface area (Å²) in [7, 11) is 0. The minimum atomic E-state index is -0.225. The van der Waals surface area contributed by atoms with Crippen LogP contribution in [0.1, 0.15) is 21.6 Å². The first-order chi connectivity index (χ1) is 10.6. The Labute approximate surface area is 141 Å². The molecule has 1 aromatic carbocycles. The van der Waals surface area contributed by atoms with Crippen LogP contribution in [0.4, 0.5) is 5.69 Å². The van der Waals surface area contributed by atoms with Gasteiger partial charge in [0.2, 0.25) is 0 Å². The molecule has 0 aliphatic heterocycles. The fraction of sp³-hybridized carbons (Fsp3) is 0.133. The van der Waals surface area contributed by atoms with Gasteiger partial charge >= 0.3 is 0 Å². The zero-order chi connectivity index (χ0) is 15.5. The lowest BCUT2D eigenvalue weighted by molar-refractivity contribution is 0.102. The van der Waals surface area contributed by atoms with Crippen LogP contribution in [0, 0.1) is 10.5 Å². The maximum Gasteiger partial charge on any atom is 0.274 e. The van der Waals surface area contributed by atoms with Gasteiger partial charge in [0.25, 0.3) is 5.91 Å². The van der Waals surface area contributed by atoms with Gasteiger partial charge in [-0.1, -0.05) is 29.8 Å². The number of nitrogens with zero attached hydrogens (tertiary/aromatic N) is 3. The molecule has 2 N–H and O–H groups in total. The smallest absolute Gasteiger partial charge is 0.274 e. The van der Waals surface area contributed by atoms with Gasteiger partial charge in [-0.2, -0.15) is 10.2 Å². The highest BCUT2D eigenvalue weighted by Gasteiger charge is 2.13. The lowest BCUT2D eigenvalue weighted by Gasteiger charge is -2.03. The number of anilines is 1. The molecule has 6 nitrogen and oxygen atoms in total. The first-order valence-corrected chi connectivity index (χ1v) is 7.78. The Balaban J connectivity index is 1.69. The first-order valence-electron chi connectivity index (χ1n) is 6.70. The molecule has 0 unspecified atom stereocenters. The second kappa shape index (κ2) is 6.30. The van der Waals surface area contributed by atoms with Crippen molar-refractivity contribution in [3.63, 3.8) is 0 Å². The summed E-state index contributed by atoms with van der Waals surface area (Å²) in [5, 5.41) is 13.6. The van der Waals surface area contributed by atoms with Crippen molar-refractivity contribution >= 4 is 34.2 Å². The van der Waals surface area contributed by atoms with Crippen molar-refractivity contribution in [1.82, 2.24) is 20.0 Å².